The Balaban J connectivity index is 1.97. The number of fused-ring (bicyclic) bond motifs is 1. The third-order valence-corrected chi connectivity index (χ3v) is 3.96. The number of aryl methyl sites for hydroxylation is 1. The minimum absolute atomic E-state index is 0.141. The minimum atomic E-state index is -0.508. The molecule has 3 rings (SSSR count). The van der Waals surface area contributed by atoms with Crippen molar-refractivity contribution in [1.82, 2.24) is 4.98 Å². The van der Waals surface area contributed by atoms with Crippen LogP contribution >= 0.6 is 15.9 Å². The van der Waals surface area contributed by atoms with E-state index in [1.165, 1.54) is 0 Å². The number of ether oxygens (including phenoxy) is 1. The number of benzene rings is 1. The highest BCUT2D eigenvalue weighted by Crippen LogP contribution is 2.42. The van der Waals surface area contributed by atoms with Crippen LogP contribution in [0.5, 0.6) is 5.75 Å². The van der Waals surface area contributed by atoms with Crippen molar-refractivity contribution >= 4 is 15.9 Å². The lowest BCUT2D eigenvalue weighted by molar-refractivity contribution is 0.0652. The van der Waals surface area contributed by atoms with Gasteiger partial charge in [-0.3, -0.25) is 4.98 Å². The summed E-state index contributed by atoms with van der Waals surface area (Å²) in [5, 5.41) is 10.3. The van der Waals surface area contributed by atoms with Crippen LogP contribution in [0.1, 0.15) is 35.3 Å². The van der Waals surface area contributed by atoms with Gasteiger partial charge in [-0.15, -0.1) is 0 Å². The van der Waals surface area contributed by atoms with Gasteiger partial charge in [-0.05, 0) is 36.8 Å². The first-order valence-electron chi connectivity index (χ1n) is 6.20. The summed E-state index contributed by atoms with van der Waals surface area (Å²) in [6.07, 6.45) is 3.48. The normalized spacial score (nSPS) is 21.6. The number of halogens is 1. The molecule has 0 bridgehead atoms. The summed E-state index contributed by atoms with van der Waals surface area (Å²) in [6.45, 7) is 2.03. The molecule has 98 valence electrons. The second-order valence-electron chi connectivity index (χ2n) is 4.77. The molecule has 1 aliphatic heterocycles. The van der Waals surface area contributed by atoms with Crippen molar-refractivity contribution < 1.29 is 9.84 Å². The standard InChI is InChI=1S/C15H14BrNO2/c1-9-4-5-17-8-12(9)15-7-13(18)11-6-10(16)2-3-14(11)19-15/h2-6,8,13,15,18H,7H2,1H3/t13-,15?/m1/s1. The third-order valence-electron chi connectivity index (χ3n) is 3.46. The molecule has 0 saturated heterocycles. The van der Waals surface area contributed by atoms with Crippen molar-refractivity contribution in [2.24, 2.45) is 0 Å². The molecule has 3 nitrogen and oxygen atoms in total. The van der Waals surface area contributed by atoms with E-state index in [4.69, 9.17) is 4.74 Å². The Kier molecular flexibility index (Phi) is 3.29. The Bertz CT molecular complexity index is 615. The molecule has 2 heterocycles. The minimum Gasteiger partial charge on any atom is -0.485 e. The number of aliphatic hydroxyl groups excluding tert-OH is 1. The highest BCUT2D eigenvalue weighted by Gasteiger charge is 2.29. The van der Waals surface area contributed by atoms with Gasteiger partial charge in [0, 0.05) is 34.4 Å². The van der Waals surface area contributed by atoms with Gasteiger partial charge >= 0.3 is 0 Å². The number of pyridine rings is 1. The van der Waals surface area contributed by atoms with Crippen LogP contribution in [0.2, 0.25) is 0 Å². The van der Waals surface area contributed by atoms with Gasteiger partial charge in [-0.1, -0.05) is 15.9 Å². The summed E-state index contributed by atoms with van der Waals surface area (Å²) in [5.74, 6) is 0.746. The van der Waals surface area contributed by atoms with Crippen LogP contribution in [0, 0.1) is 6.92 Å². The Hall–Kier alpha value is -1.39. The van der Waals surface area contributed by atoms with Crippen LogP contribution in [0.25, 0.3) is 0 Å². The SMILES string of the molecule is Cc1ccncc1C1C[C@@H](O)c2cc(Br)ccc2O1. The molecule has 2 atom stereocenters. The van der Waals surface area contributed by atoms with Crippen LogP contribution in [-0.4, -0.2) is 10.1 Å². The molecule has 0 aliphatic carbocycles. The molecule has 1 N–H and O–H groups in total. The summed E-state index contributed by atoms with van der Waals surface area (Å²) in [4.78, 5) is 4.15. The monoisotopic (exact) mass is 319 g/mol. The van der Waals surface area contributed by atoms with Crippen LogP contribution in [0.15, 0.2) is 41.1 Å². The first kappa shape index (κ1) is 12.6. The van der Waals surface area contributed by atoms with Crippen molar-refractivity contribution in [1.29, 1.82) is 0 Å². The maximum Gasteiger partial charge on any atom is 0.128 e. The number of rotatable bonds is 1. The largest absolute Gasteiger partial charge is 0.485 e. The molecule has 0 saturated carbocycles. The molecule has 1 aromatic carbocycles. The number of hydrogen-bond acceptors (Lipinski definition) is 3. The van der Waals surface area contributed by atoms with Crippen molar-refractivity contribution in [2.45, 2.75) is 25.6 Å². The van der Waals surface area contributed by atoms with Gasteiger partial charge < -0.3 is 9.84 Å². The summed E-state index contributed by atoms with van der Waals surface area (Å²) < 4.78 is 6.95. The topological polar surface area (TPSA) is 42.4 Å². The molecule has 1 aliphatic rings. The lowest BCUT2D eigenvalue weighted by Crippen LogP contribution is -2.19. The van der Waals surface area contributed by atoms with Crippen LogP contribution in [-0.2, 0) is 0 Å². The molecule has 1 unspecified atom stereocenters. The van der Waals surface area contributed by atoms with Gasteiger partial charge in [0.1, 0.15) is 11.9 Å². The molecule has 19 heavy (non-hydrogen) atoms. The van der Waals surface area contributed by atoms with Crippen LogP contribution in [0.4, 0.5) is 0 Å². The Labute approximate surface area is 120 Å². The lowest BCUT2D eigenvalue weighted by atomic mass is 9.94. The van der Waals surface area contributed by atoms with E-state index >= 15 is 0 Å². The molecule has 2 aromatic rings. The molecular formula is C15H14BrNO2. The quantitative estimate of drug-likeness (QED) is 0.871. The van der Waals surface area contributed by atoms with Gasteiger partial charge in [0.05, 0.1) is 6.10 Å². The second-order valence-corrected chi connectivity index (χ2v) is 5.69. The van der Waals surface area contributed by atoms with E-state index in [0.29, 0.717) is 6.42 Å². The fourth-order valence-corrected chi connectivity index (χ4v) is 2.80. The zero-order valence-corrected chi connectivity index (χ0v) is 12.1. The average Bonchev–Trinajstić information content (AvgIpc) is 2.40. The van der Waals surface area contributed by atoms with E-state index in [0.717, 1.165) is 26.9 Å². The highest BCUT2D eigenvalue weighted by molar-refractivity contribution is 9.10. The summed E-state index contributed by atoms with van der Waals surface area (Å²) in [6, 6.07) is 7.68. The van der Waals surface area contributed by atoms with E-state index < -0.39 is 6.10 Å². The number of nitrogens with zero attached hydrogens (tertiary/aromatic N) is 1. The van der Waals surface area contributed by atoms with E-state index in [2.05, 4.69) is 20.9 Å². The van der Waals surface area contributed by atoms with Crippen molar-refractivity contribution in [3.63, 3.8) is 0 Å². The molecular weight excluding hydrogens is 306 g/mol. The van der Waals surface area contributed by atoms with Gasteiger partial charge in [0.2, 0.25) is 0 Å². The zero-order chi connectivity index (χ0) is 13.4. The average molecular weight is 320 g/mol. The van der Waals surface area contributed by atoms with Crippen molar-refractivity contribution in [3.05, 3.63) is 57.8 Å². The van der Waals surface area contributed by atoms with E-state index in [1.807, 2.05) is 37.4 Å². The Morgan fingerprint density at radius 2 is 2.16 bits per heavy atom. The number of hydrogen-bond donors (Lipinski definition) is 1. The molecule has 1 aromatic heterocycles. The van der Waals surface area contributed by atoms with Gasteiger partial charge in [-0.25, -0.2) is 0 Å². The fraction of sp³-hybridized carbons (Fsp3) is 0.267. The van der Waals surface area contributed by atoms with Gasteiger partial charge in [0.15, 0.2) is 0 Å². The maximum atomic E-state index is 10.3. The fourth-order valence-electron chi connectivity index (χ4n) is 2.42. The van der Waals surface area contributed by atoms with Gasteiger partial charge in [0.25, 0.3) is 0 Å². The van der Waals surface area contributed by atoms with E-state index in [1.54, 1.807) is 6.20 Å². The summed E-state index contributed by atoms with van der Waals surface area (Å²) in [7, 11) is 0. The Morgan fingerprint density at radius 3 is 2.95 bits per heavy atom. The number of aromatic nitrogens is 1. The van der Waals surface area contributed by atoms with Crippen LogP contribution in [0.3, 0.4) is 0 Å². The molecule has 4 heteroatoms. The second kappa shape index (κ2) is 4.94. The van der Waals surface area contributed by atoms with Crippen molar-refractivity contribution in [3.8, 4) is 5.75 Å². The zero-order valence-electron chi connectivity index (χ0n) is 10.5. The molecule has 0 radical (unpaired) electrons. The smallest absolute Gasteiger partial charge is 0.128 e. The summed E-state index contributed by atoms with van der Waals surface area (Å²) >= 11 is 3.41. The molecule has 0 spiro atoms. The van der Waals surface area contributed by atoms with E-state index in [-0.39, 0.29) is 6.10 Å². The molecule has 0 fully saturated rings. The first-order chi connectivity index (χ1) is 9.15. The van der Waals surface area contributed by atoms with Gasteiger partial charge in [-0.2, -0.15) is 0 Å². The summed E-state index contributed by atoms with van der Waals surface area (Å²) in [5.41, 5.74) is 3.01. The Morgan fingerprint density at radius 1 is 1.32 bits per heavy atom. The predicted octanol–water partition coefficient (Wildman–Crippen LogP) is 3.71. The maximum absolute atomic E-state index is 10.3. The number of aliphatic hydroxyl groups is 1. The van der Waals surface area contributed by atoms with E-state index in [9.17, 15) is 5.11 Å². The highest BCUT2D eigenvalue weighted by atomic mass is 79.9. The first-order valence-corrected chi connectivity index (χ1v) is 6.99. The predicted molar refractivity (Wildman–Crippen MR) is 76.1 cm³/mol. The lowest BCUT2D eigenvalue weighted by Gasteiger charge is -2.30. The third kappa shape index (κ3) is 2.38. The van der Waals surface area contributed by atoms with Crippen LogP contribution < -0.4 is 4.74 Å². The van der Waals surface area contributed by atoms with Crippen molar-refractivity contribution in [2.75, 3.05) is 0 Å². The molecule has 0 amide bonds.